The fourth-order valence-electron chi connectivity index (χ4n) is 5.86. The number of nitrogens with one attached hydrogen (secondary N) is 6. The number of hydrogen-bond acceptors (Lipinski definition) is 12. The van der Waals surface area contributed by atoms with Crippen molar-refractivity contribution in [3.05, 3.63) is 94.6 Å². The van der Waals surface area contributed by atoms with Crippen molar-refractivity contribution in [1.82, 2.24) is 31.2 Å². The highest BCUT2D eigenvalue weighted by Gasteiger charge is 2.21. The van der Waals surface area contributed by atoms with Crippen molar-refractivity contribution < 1.29 is 38.9 Å². The number of carbonyl (C=O) groups is 4. The van der Waals surface area contributed by atoms with Crippen molar-refractivity contribution >= 4 is 35.0 Å². The molecule has 0 unspecified atom stereocenters. The molecular weight excluding hydrogens is 720 g/mol. The molecule has 0 saturated heterocycles. The predicted molar refractivity (Wildman–Crippen MR) is 212 cm³/mol. The standard InChI is InChI=1S/C40H50N8O8/c1-7-41-37(51)33(21-49)45-19-25-17-43-31(15-35(25)55-5)39(53)47-29-13-9-11-27(23(29)3)28-12-10-14-30(24(28)4)48-40(54)32-16-36(56-6)26(18-44-32)20-46-34(22-50)38(52)42-8-2/h9-18,33-34,45-46,49-50H,7-8,19-22H2,1-6H3,(H,41,51)(H,42,52)(H,47,53)(H,48,54)/t33-,34-/m1/s1. The molecule has 2 heterocycles. The van der Waals surface area contributed by atoms with Gasteiger partial charge in [-0.15, -0.1) is 0 Å². The normalized spacial score (nSPS) is 11.9. The Balaban J connectivity index is 1.48. The van der Waals surface area contributed by atoms with E-state index in [-0.39, 0.29) is 36.3 Å². The third-order valence-corrected chi connectivity index (χ3v) is 9.02. The van der Waals surface area contributed by atoms with E-state index in [4.69, 9.17) is 9.47 Å². The van der Waals surface area contributed by atoms with E-state index in [0.29, 0.717) is 47.1 Å². The van der Waals surface area contributed by atoms with Crippen LogP contribution in [0, 0.1) is 13.8 Å². The number of aromatic nitrogens is 2. The maximum Gasteiger partial charge on any atom is 0.274 e. The molecule has 2 aromatic carbocycles. The highest BCUT2D eigenvalue weighted by Crippen LogP contribution is 2.34. The first-order valence-corrected chi connectivity index (χ1v) is 18.1. The molecule has 0 aliphatic heterocycles. The monoisotopic (exact) mass is 770 g/mol. The molecule has 0 spiro atoms. The Kier molecular flexibility index (Phi) is 15.8. The molecule has 8 N–H and O–H groups in total. The number of amides is 4. The van der Waals surface area contributed by atoms with Crippen molar-refractivity contribution in [2.24, 2.45) is 0 Å². The highest BCUT2D eigenvalue weighted by molar-refractivity contribution is 6.05. The molecular formula is C40H50N8O8. The van der Waals surface area contributed by atoms with Crippen LogP contribution < -0.4 is 41.4 Å². The zero-order valence-corrected chi connectivity index (χ0v) is 32.4. The Hall–Kier alpha value is -5.94. The SMILES string of the molecule is CCNC(=O)[C@@H](CO)NCc1cnc(C(=O)Nc2cccc(-c3cccc(NC(=O)c4cc(OC)c(CN[C@H](CO)C(=O)NCC)cn4)c3C)c2C)cc1OC. The van der Waals surface area contributed by atoms with E-state index >= 15 is 0 Å². The molecule has 0 bridgehead atoms. The Labute approximate surface area is 325 Å². The molecule has 0 aliphatic carbocycles. The second kappa shape index (κ2) is 20.7. The van der Waals surface area contributed by atoms with Gasteiger partial charge in [-0.25, -0.2) is 0 Å². The van der Waals surface area contributed by atoms with Gasteiger partial charge in [-0.3, -0.25) is 39.8 Å². The summed E-state index contributed by atoms with van der Waals surface area (Å²) in [6, 6.07) is 12.4. The van der Waals surface area contributed by atoms with E-state index in [2.05, 4.69) is 41.9 Å². The Morgan fingerprint density at radius 1 is 0.661 bits per heavy atom. The molecule has 2 atom stereocenters. The molecule has 0 radical (unpaired) electrons. The van der Waals surface area contributed by atoms with Crippen LogP contribution in [-0.4, -0.2) is 96.4 Å². The lowest BCUT2D eigenvalue weighted by Gasteiger charge is -2.18. The van der Waals surface area contributed by atoms with E-state index in [1.807, 2.05) is 38.1 Å². The zero-order chi connectivity index (χ0) is 40.8. The number of aliphatic hydroxyl groups is 2. The highest BCUT2D eigenvalue weighted by atomic mass is 16.5. The summed E-state index contributed by atoms with van der Waals surface area (Å²) in [4.78, 5) is 59.8. The molecule has 298 valence electrons. The maximum atomic E-state index is 13.4. The number of hydrogen-bond donors (Lipinski definition) is 8. The van der Waals surface area contributed by atoms with Crippen molar-refractivity contribution in [1.29, 1.82) is 0 Å². The minimum absolute atomic E-state index is 0.113. The third-order valence-electron chi connectivity index (χ3n) is 9.02. The number of benzene rings is 2. The average Bonchev–Trinajstić information content (AvgIpc) is 3.20. The third kappa shape index (κ3) is 10.6. The van der Waals surface area contributed by atoms with Crippen LogP contribution in [0.5, 0.6) is 11.5 Å². The average molecular weight is 771 g/mol. The zero-order valence-electron chi connectivity index (χ0n) is 32.4. The molecule has 0 fully saturated rings. The Bertz CT molecular complexity index is 1880. The van der Waals surface area contributed by atoms with Gasteiger partial charge in [0.1, 0.15) is 35.0 Å². The number of ether oxygens (including phenoxy) is 2. The summed E-state index contributed by atoms with van der Waals surface area (Å²) in [5, 5.41) is 36.4. The smallest absolute Gasteiger partial charge is 0.274 e. The summed E-state index contributed by atoms with van der Waals surface area (Å²) in [5.74, 6) is -0.815. The Morgan fingerprint density at radius 3 is 1.39 bits per heavy atom. The number of aliphatic hydroxyl groups excluding tert-OH is 2. The molecule has 2 aromatic heterocycles. The summed E-state index contributed by atoms with van der Waals surface area (Å²) < 4.78 is 11.0. The topological polar surface area (TPSA) is 225 Å². The lowest BCUT2D eigenvalue weighted by molar-refractivity contribution is -0.124. The Morgan fingerprint density at radius 2 is 1.05 bits per heavy atom. The lowest BCUT2D eigenvalue weighted by Crippen LogP contribution is -2.46. The van der Waals surface area contributed by atoms with Gasteiger partial charge in [-0.2, -0.15) is 0 Å². The van der Waals surface area contributed by atoms with Crippen LogP contribution in [0.1, 0.15) is 57.1 Å². The molecule has 0 saturated carbocycles. The summed E-state index contributed by atoms with van der Waals surface area (Å²) in [6.07, 6.45) is 2.97. The van der Waals surface area contributed by atoms with E-state index in [1.54, 1.807) is 26.0 Å². The summed E-state index contributed by atoms with van der Waals surface area (Å²) in [6.45, 7) is 7.77. The van der Waals surface area contributed by atoms with Gasteiger partial charge in [0.25, 0.3) is 11.8 Å². The van der Waals surface area contributed by atoms with Gasteiger partial charge in [0.2, 0.25) is 11.8 Å². The molecule has 16 heteroatoms. The largest absolute Gasteiger partial charge is 0.496 e. The molecule has 56 heavy (non-hydrogen) atoms. The first-order valence-electron chi connectivity index (χ1n) is 18.1. The summed E-state index contributed by atoms with van der Waals surface area (Å²) >= 11 is 0. The summed E-state index contributed by atoms with van der Waals surface area (Å²) in [7, 11) is 2.94. The van der Waals surface area contributed by atoms with E-state index in [1.165, 1.54) is 38.7 Å². The van der Waals surface area contributed by atoms with E-state index in [9.17, 15) is 29.4 Å². The summed E-state index contributed by atoms with van der Waals surface area (Å²) in [5.41, 5.74) is 5.77. The van der Waals surface area contributed by atoms with E-state index < -0.39 is 37.1 Å². The fraction of sp³-hybridized carbons (Fsp3) is 0.350. The maximum absolute atomic E-state index is 13.4. The van der Waals surface area contributed by atoms with Crippen LogP contribution in [0.25, 0.3) is 11.1 Å². The second-order valence-electron chi connectivity index (χ2n) is 12.6. The minimum atomic E-state index is -0.818. The van der Waals surface area contributed by atoms with Gasteiger partial charge < -0.3 is 41.0 Å². The number of rotatable bonds is 19. The molecule has 16 nitrogen and oxygen atoms in total. The van der Waals surface area contributed by atoms with Gasteiger partial charge in [0.05, 0.1) is 27.4 Å². The number of anilines is 2. The van der Waals surface area contributed by atoms with Gasteiger partial charge in [0, 0.05) is 73.2 Å². The van der Waals surface area contributed by atoms with E-state index in [0.717, 1.165) is 22.3 Å². The van der Waals surface area contributed by atoms with Gasteiger partial charge in [0.15, 0.2) is 0 Å². The second-order valence-corrected chi connectivity index (χ2v) is 12.6. The van der Waals surface area contributed by atoms with Crippen molar-refractivity contribution in [3.8, 4) is 22.6 Å². The minimum Gasteiger partial charge on any atom is -0.496 e. The number of methoxy groups -OCH3 is 2. The lowest BCUT2D eigenvalue weighted by atomic mass is 9.94. The predicted octanol–water partition coefficient (Wildman–Crippen LogP) is 2.46. The van der Waals surface area contributed by atoms with Gasteiger partial charge in [-0.1, -0.05) is 24.3 Å². The van der Waals surface area contributed by atoms with Crippen molar-refractivity contribution in [2.75, 3.05) is 51.2 Å². The van der Waals surface area contributed by atoms with Crippen LogP contribution in [0.2, 0.25) is 0 Å². The quantitative estimate of drug-likeness (QED) is 0.0689. The molecule has 0 aliphatic rings. The van der Waals surface area contributed by atoms with Gasteiger partial charge >= 0.3 is 0 Å². The molecule has 4 rings (SSSR count). The van der Waals surface area contributed by atoms with Crippen molar-refractivity contribution in [3.63, 3.8) is 0 Å². The number of nitrogens with zero attached hydrogens (tertiary/aromatic N) is 2. The van der Waals surface area contributed by atoms with Crippen LogP contribution in [0.3, 0.4) is 0 Å². The van der Waals surface area contributed by atoms with Crippen LogP contribution in [0.4, 0.5) is 11.4 Å². The fourth-order valence-corrected chi connectivity index (χ4v) is 5.86. The van der Waals surface area contributed by atoms with Crippen molar-refractivity contribution in [2.45, 2.75) is 52.9 Å². The van der Waals surface area contributed by atoms with Crippen LogP contribution in [0.15, 0.2) is 60.9 Å². The van der Waals surface area contributed by atoms with Gasteiger partial charge in [-0.05, 0) is 62.1 Å². The first-order chi connectivity index (χ1) is 27.0. The van der Waals surface area contributed by atoms with Crippen LogP contribution in [-0.2, 0) is 22.7 Å². The number of likely N-dealkylation sites (N-methyl/N-ethyl adjacent to an activating group) is 2. The van der Waals surface area contributed by atoms with Crippen LogP contribution >= 0.6 is 0 Å². The number of pyridine rings is 2. The molecule has 4 amide bonds. The number of carbonyl (C=O) groups excluding carboxylic acids is 4. The molecule has 4 aromatic rings. The first kappa shape index (κ1) is 42.8.